The number of halogens is 3. The highest BCUT2D eigenvalue weighted by Gasteiger charge is 2.53. The fraction of sp³-hybridized carbons (Fsp3) is 0.406. The van der Waals surface area contributed by atoms with E-state index in [1.54, 1.807) is 12.3 Å². The zero-order valence-electron chi connectivity index (χ0n) is 24.2. The molecule has 12 heteroatoms. The number of nitrogens with one attached hydrogen (secondary N) is 1. The number of carbonyl (C=O) groups is 1. The third-order valence-corrected chi connectivity index (χ3v) is 10.8. The number of carbonyl (C=O) groups excluding carboxylic acids is 1. The van der Waals surface area contributed by atoms with Crippen molar-refractivity contribution < 1.29 is 27.3 Å². The van der Waals surface area contributed by atoms with E-state index < -0.39 is 40.3 Å². The second-order valence-corrected chi connectivity index (χ2v) is 14.4. The molecule has 0 saturated heterocycles. The van der Waals surface area contributed by atoms with E-state index in [1.165, 1.54) is 12.1 Å². The van der Waals surface area contributed by atoms with Gasteiger partial charge in [-0.15, -0.1) is 0 Å². The molecular weight excluding hydrogens is 591 g/mol. The molecule has 2 aliphatic heterocycles. The monoisotopic (exact) mass is 623 g/mol. The molecule has 44 heavy (non-hydrogen) atoms. The van der Waals surface area contributed by atoms with E-state index in [0.717, 1.165) is 22.3 Å². The van der Waals surface area contributed by atoms with Gasteiger partial charge in [-0.3, -0.25) is 9.78 Å². The first-order valence-electron chi connectivity index (χ1n) is 14.6. The number of hydrogen-bond donors (Lipinski definition) is 2. The van der Waals surface area contributed by atoms with Crippen LogP contribution in [0.5, 0.6) is 5.75 Å². The van der Waals surface area contributed by atoms with Gasteiger partial charge >= 0.3 is 6.61 Å². The summed E-state index contributed by atoms with van der Waals surface area (Å²) < 4.78 is 59.9. The minimum Gasteiger partial charge on any atom is -0.598 e. The molecule has 3 unspecified atom stereocenters. The summed E-state index contributed by atoms with van der Waals surface area (Å²) in [6.07, 6.45) is 3.24. The van der Waals surface area contributed by atoms with Gasteiger partial charge in [0.15, 0.2) is 0 Å². The number of nitrogens with two attached hydrogens (primary N) is 1. The molecule has 4 aromatic rings. The predicted octanol–water partition coefficient (Wildman–Crippen LogP) is 5.93. The van der Waals surface area contributed by atoms with Crippen LogP contribution in [0.4, 0.5) is 13.2 Å². The van der Waals surface area contributed by atoms with Crippen molar-refractivity contribution in [1.29, 1.82) is 0 Å². The standard InChI is InChI=1S/C32H32F3N5O3S/c1-31(2,44(36)42)16-32(11-10-26(32)33)14-19-8-6-18(15-37-19)17-7-9-21-23(12-17)40-24-13-22(28(40)38-21)39-29(41)20-4-3-5-25(27(20)24)43-30(34)35/h3-9,12,15,22,24,26,30H,10-11,13-14,16,36H2,1-2H3,(H,39,41)/t22-,24-,26?,32?,44?/m1/s1. The van der Waals surface area contributed by atoms with Gasteiger partial charge in [-0.1, -0.05) is 18.2 Å². The molecule has 2 aromatic heterocycles. The highest BCUT2D eigenvalue weighted by Crippen LogP contribution is 2.52. The van der Waals surface area contributed by atoms with Crippen LogP contribution in [0, 0.1) is 5.41 Å². The highest BCUT2D eigenvalue weighted by molar-refractivity contribution is 7.90. The SMILES string of the molecule is CC(C)(CC1(Cc2ccc(-c3ccc4nc5n(c4c3)[C@@H]3C[C@H]5NC(=O)c4cccc(OC(F)F)c43)cn2)CCC1F)[S+](N)[O-]. The number of amides is 1. The second-order valence-electron chi connectivity index (χ2n) is 12.7. The quantitative estimate of drug-likeness (QED) is 0.235. The first-order valence-corrected chi connectivity index (χ1v) is 15.8. The first kappa shape index (κ1) is 29.1. The van der Waals surface area contributed by atoms with Gasteiger partial charge < -0.3 is 19.2 Å². The molecule has 3 N–H and O–H groups in total. The van der Waals surface area contributed by atoms with Gasteiger partial charge in [-0.25, -0.2) is 9.37 Å². The van der Waals surface area contributed by atoms with Gasteiger partial charge in [-0.2, -0.15) is 13.9 Å². The smallest absolute Gasteiger partial charge is 0.387 e. The van der Waals surface area contributed by atoms with Crippen LogP contribution < -0.4 is 15.2 Å². The molecule has 4 heterocycles. The van der Waals surface area contributed by atoms with E-state index >= 15 is 0 Å². The van der Waals surface area contributed by atoms with Crippen LogP contribution >= 0.6 is 0 Å². The lowest BCUT2D eigenvalue weighted by Gasteiger charge is -2.48. The zero-order valence-corrected chi connectivity index (χ0v) is 25.0. The summed E-state index contributed by atoms with van der Waals surface area (Å²) in [5, 5.41) is 8.71. The number of imidazole rings is 1. The van der Waals surface area contributed by atoms with Crippen LogP contribution in [-0.2, 0) is 17.8 Å². The maximum absolute atomic E-state index is 15.0. The number of alkyl halides is 3. The molecule has 2 aromatic carbocycles. The maximum atomic E-state index is 15.0. The Morgan fingerprint density at radius 3 is 2.68 bits per heavy atom. The molecule has 3 aliphatic rings. The number of nitrogens with zero attached hydrogens (tertiary/aromatic N) is 3. The molecule has 2 bridgehead atoms. The normalized spacial score (nSPS) is 24.8. The van der Waals surface area contributed by atoms with Crippen molar-refractivity contribution in [2.24, 2.45) is 10.6 Å². The molecule has 5 atom stereocenters. The Balaban J connectivity index is 1.22. The number of aromatic nitrogens is 3. The largest absolute Gasteiger partial charge is 0.598 e. The van der Waals surface area contributed by atoms with Crippen LogP contribution in [0.15, 0.2) is 54.7 Å². The molecule has 0 spiro atoms. The van der Waals surface area contributed by atoms with Crippen molar-refractivity contribution in [1.82, 2.24) is 19.9 Å². The number of rotatable bonds is 8. The van der Waals surface area contributed by atoms with Crippen LogP contribution in [0.3, 0.4) is 0 Å². The van der Waals surface area contributed by atoms with E-state index in [9.17, 15) is 22.5 Å². The fourth-order valence-corrected chi connectivity index (χ4v) is 7.72. The number of hydrogen-bond acceptors (Lipinski definition) is 6. The predicted molar refractivity (Wildman–Crippen MR) is 160 cm³/mol. The molecular formula is C32H32F3N5O3S. The minimum absolute atomic E-state index is 0.0233. The lowest BCUT2D eigenvalue weighted by Crippen LogP contribution is -2.51. The molecule has 0 radical (unpaired) electrons. The van der Waals surface area contributed by atoms with Gasteiger partial charge in [-0.05, 0) is 75.4 Å². The highest BCUT2D eigenvalue weighted by atomic mass is 32.2. The van der Waals surface area contributed by atoms with Crippen LogP contribution in [-0.4, -0.2) is 42.5 Å². The number of pyridine rings is 1. The Morgan fingerprint density at radius 1 is 1.23 bits per heavy atom. The van der Waals surface area contributed by atoms with E-state index in [2.05, 4.69) is 10.3 Å². The Bertz CT molecular complexity index is 1760. The van der Waals surface area contributed by atoms with Crippen molar-refractivity contribution >= 4 is 28.3 Å². The van der Waals surface area contributed by atoms with E-state index in [-0.39, 0.29) is 17.7 Å². The molecule has 1 amide bonds. The molecule has 1 aliphatic carbocycles. The molecule has 1 saturated carbocycles. The summed E-state index contributed by atoms with van der Waals surface area (Å²) in [5.41, 5.74) is 4.08. The molecule has 230 valence electrons. The van der Waals surface area contributed by atoms with Gasteiger partial charge in [0, 0.05) is 51.8 Å². The third-order valence-electron chi connectivity index (χ3n) is 9.54. The van der Waals surface area contributed by atoms with Crippen LogP contribution in [0.2, 0.25) is 0 Å². The fourth-order valence-electron chi connectivity index (χ4n) is 7.29. The third kappa shape index (κ3) is 4.74. The summed E-state index contributed by atoms with van der Waals surface area (Å²) in [7, 11) is 0. The Kier molecular flexibility index (Phi) is 6.94. The second kappa shape index (κ2) is 10.5. The topological polar surface area (TPSA) is 118 Å². The minimum atomic E-state index is -3.03. The number of fused-ring (bicyclic) bond motifs is 9. The van der Waals surface area contributed by atoms with Gasteiger partial charge in [0.05, 0.1) is 23.1 Å². The van der Waals surface area contributed by atoms with Crippen molar-refractivity contribution in [2.45, 2.75) is 75.6 Å². The van der Waals surface area contributed by atoms with Crippen LogP contribution in [0.25, 0.3) is 22.2 Å². The van der Waals surface area contributed by atoms with E-state index in [1.807, 2.05) is 48.7 Å². The molecule has 1 fully saturated rings. The first-order chi connectivity index (χ1) is 21.0. The maximum Gasteiger partial charge on any atom is 0.387 e. The Morgan fingerprint density at radius 2 is 2.02 bits per heavy atom. The molecule has 7 rings (SSSR count). The molecule has 8 nitrogen and oxygen atoms in total. The average molecular weight is 624 g/mol. The summed E-state index contributed by atoms with van der Waals surface area (Å²) in [5.74, 6) is 0.291. The van der Waals surface area contributed by atoms with Gasteiger partial charge in [0.25, 0.3) is 5.91 Å². The van der Waals surface area contributed by atoms with Crippen LogP contribution in [0.1, 0.15) is 79.1 Å². The number of benzene rings is 2. The Labute approximate surface area is 255 Å². The zero-order chi connectivity index (χ0) is 31.0. The summed E-state index contributed by atoms with van der Waals surface area (Å²) in [4.78, 5) is 22.5. The number of ether oxygens (including phenoxy) is 1. The van der Waals surface area contributed by atoms with Crippen molar-refractivity contribution in [3.63, 3.8) is 0 Å². The van der Waals surface area contributed by atoms with Crippen molar-refractivity contribution in [3.05, 3.63) is 77.4 Å². The van der Waals surface area contributed by atoms with Crippen molar-refractivity contribution in [3.8, 4) is 16.9 Å². The lowest BCUT2D eigenvalue weighted by molar-refractivity contribution is -0.0507. The van der Waals surface area contributed by atoms with E-state index in [0.29, 0.717) is 54.6 Å². The summed E-state index contributed by atoms with van der Waals surface area (Å²) in [6, 6.07) is 13.5. The van der Waals surface area contributed by atoms with Crippen molar-refractivity contribution in [2.75, 3.05) is 0 Å². The van der Waals surface area contributed by atoms with Gasteiger partial charge in [0.2, 0.25) is 0 Å². The average Bonchev–Trinajstić information content (AvgIpc) is 3.47. The summed E-state index contributed by atoms with van der Waals surface area (Å²) >= 11 is -1.58. The lowest BCUT2D eigenvalue weighted by atomic mass is 9.60. The van der Waals surface area contributed by atoms with Gasteiger partial charge in [0.1, 0.15) is 22.5 Å². The van der Waals surface area contributed by atoms with E-state index in [4.69, 9.17) is 14.9 Å². The Hall–Kier alpha value is -3.61. The summed E-state index contributed by atoms with van der Waals surface area (Å²) in [6.45, 7) is 0.590.